The third-order valence-electron chi connectivity index (χ3n) is 10.2. The van der Waals surface area contributed by atoms with Gasteiger partial charge in [0, 0.05) is 28.0 Å². The first-order valence-electron chi connectivity index (χ1n) is 19.4. The second-order valence-corrected chi connectivity index (χ2v) is 14.0. The Bertz CT molecular complexity index is 2710. The van der Waals surface area contributed by atoms with Gasteiger partial charge < -0.3 is 11.1 Å². The van der Waals surface area contributed by atoms with Crippen LogP contribution in [0.3, 0.4) is 0 Å². The summed E-state index contributed by atoms with van der Waals surface area (Å²) in [7, 11) is 0. The van der Waals surface area contributed by atoms with Crippen LogP contribution in [0, 0.1) is 0 Å². The van der Waals surface area contributed by atoms with Crippen LogP contribution in [-0.4, -0.2) is 0 Å². The topological polar surface area (TPSA) is 38.0 Å². The smallest absolute Gasteiger partial charge is 0.0463 e. The Morgan fingerprint density at radius 2 is 0.930 bits per heavy atom. The third kappa shape index (κ3) is 9.11. The molecule has 0 atom stereocenters. The monoisotopic (exact) mass is 732 g/mol. The molecule has 9 aromatic carbocycles. The molecule has 0 radical (unpaired) electrons. The number of fused-ring (bicyclic) bond motifs is 1. The van der Waals surface area contributed by atoms with Crippen molar-refractivity contribution < 1.29 is 0 Å². The van der Waals surface area contributed by atoms with Gasteiger partial charge in [0.05, 0.1) is 0 Å². The van der Waals surface area contributed by atoms with Gasteiger partial charge in [-0.25, -0.2) is 0 Å². The van der Waals surface area contributed by atoms with Gasteiger partial charge in [-0.1, -0.05) is 200 Å². The highest BCUT2D eigenvalue weighted by Gasteiger charge is 2.10. The highest BCUT2D eigenvalue weighted by Crippen LogP contribution is 2.35. The molecule has 0 spiro atoms. The Morgan fingerprint density at radius 3 is 1.65 bits per heavy atom. The second kappa shape index (κ2) is 17.8. The molecule has 0 aliphatic rings. The summed E-state index contributed by atoms with van der Waals surface area (Å²) in [6.45, 7) is 0. The van der Waals surface area contributed by atoms with Crippen molar-refractivity contribution in [3.63, 3.8) is 0 Å². The van der Waals surface area contributed by atoms with Crippen LogP contribution in [0.15, 0.2) is 237 Å². The van der Waals surface area contributed by atoms with E-state index in [-0.39, 0.29) is 0 Å². The fourth-order valence-electron chi connectivity index (χ4n) is 7.21. The molecule has 0 aliphatic heterocycles. The van der Waals surface area contributed by atoms with Crippen LogP contribution in [-0.2, 0) is 6.42 Å². The fourth-order valence-corrected chi connectivity index (χ4v) is 7.21. The Labute approximate surface area is 336 Å². The number of anilines is 3. The third-order valence-corrected chi connectivity index (χ3v) is 10.2. The van der Waals surface area contributed by atoms with Crippen molar-refractivity contribution in [2.75, 3.05) is 11.1 Å². The maximum Gasteiger partial charge on any atom is 0.0463 e. The number of nitrogen functional groups attached to an aromatic ring is 1. The van der Waals surface area contributed by atoms with E-state index >= 15 is 0 Å². The molecule has 0 heterocycles. The van der Waals surface area contributed by atoms with Crippen molar-refractivity contribution in [2.24, 2.45) is 0 Å². The van der Waals surface area contributed by atoms with E-state index in [1.165, 1.54) is 61.0 Å². The lowest BCUT2D eigenvalue weighted by Gasteiger charge is -2.15. The average Bonchev–Trinajstić information content (AvgIpc) is 3.29. The molecule has 2 heteroatoms. The molecule has 0 bridgehead atoms. The lowest BCUT2D eigenvalue weighted by Crippen LogP contribution is -1.95. The van der Waals surface area contributed by atoms with E-state index in [2.05, 4.69) is 212 Å². The minimum atomic E-state index is 0.850. The van der Waals surface area contributed by atoms with Crippen LogP contribution in [0.5, 0.6) is 0 Å². The van der Waals surface area contributed by atoms with E-state index in [9.17, 15) is 0 Å². The van der Waals surface area contributed by atoms with Crippen LogP contribution in [0.25, 0.3) is 49.7 Å². The Balaban J connectivity index is 0.000000355. The largest absolute Gasteiger partial charge is 0.398 e. The summed E-state index contributed by atoms with van der Waals surface area (Å²) in [6, 6.07) is 80.8. The van der Waals surface area contributed by atoms with Gasteiger partial charge in [-0.15, -0.1) is 0 Å². The van der Waals surface area contributed by atoms with Crippen molar-refractivity contribution in [3.8, 4) is 33.4 Å². The first-order chi connectivity index (χ1) is 28.2. The second-order valence-electron chi connectivity index (χ2n) is 14.0. The van der Waals surface area contributed by atoms with Gasteiger partial charge in [-0.05, 0) is 98.3 Å². The fraction of sp³-hybridized carbons (Fsp3) is 0.0182. The van der Waals surface area contributed by atoms with Crippen LogP contribution in [0.2, 0.25) is 0 Å². The predicted molar refractivity (Wildman–Crippen MR) is 245 cm³/mol. The molecule has 0 aliphatic carbocycles. The first kappa shape index (κ1) is 36.6. The number of nitrogens with one attached hydrogen (secondary N) is 1. The summed E-state index contributed by atoms with van der Waals surface area (Å²) in [4.78, 5) is 0. The zero-order valence-electron chi connectivity index (χ0n) is 31.8. The highest BCUT2D eigenvalue weighted by atomic mass is 14.9. The summed E-state index contributed by atoms with van der Waals surface area (Å²) in [6.07, 6.45) is 3.22. The average molecular weight is 733 g/mol. The Kier molecular flexibility index (Phi) is 11.4. The van der Waals surface area contributed by atoms with Crippen molar-refractivity contribution in [3.05, 3.63) is 253 Å². The minimum absolute atomic E-state index is 0.850. The van der Waals surface area contributed by atoms with Crippen LogP contribution < -0.4 is 11.1 Å². The SMILES string of the molecule is C(/Cc1ccccc1)=C(\c1ccccc1)c1ccc(Nc2ccccc2-c2cccc(-c3cccc(-c4ccccc4)c3)c2)cc1.Nc1cccc2ccccc12. The molecule has 0 unspecified atom stereocenters. The molecule has 0 saturated carbocycles. The van der Waals surface area contributed by atoms with Crippen molar-refractivity contribution in [1.29, 1.82) is 0 Å². The molecular weight excluding hydrogens is 689 g/mol. The van der Waals surface area contributed by atoms with Crippen molar-refractivity contribution in [1.82, 2.24) is 0 Å². The number of nitrogens with two attached hydrogens (primary N) is 1. The molecule has 2 nitrogen and oxygen atoms in total. The Morgan fingerprint density at radius 1 is 0.421 bits per heavy atom. The van der Waals surface area contributed by atoms with E-state index in [1.54, 1.807) is 0 Å². The zero-order valence-corrected chi connectivity index (χ0v) is 31.8. The normalized spacial score (nSPS) is 11.1. The van der Waals surface area contributed by atoms with Crippen LogP contribution in [0.1, 0.15) is 16.7 Å². The molecule has 9 rings (SSSR count). The standard InChI is InChI=1S/C45H35N.C10H9N/c1-4-14-34(15-5-1)26-31-43(36-18-8-3-9-19-36)37-27-29-42(30-28-37)46-45-25-11-10-24-44(45)41-23-13-22-40(33-41)39-21-12-20-38(32-39)35-16-6-2-7-17-35;11-10-7-3-5-8-4-1-2-6-9(8)10/h1-25,27-33,46H,26H2;1-7H,11H2/b43-31-;. The van der Waals surface area contributed by atoms with Gasteiger partial charge in [0.2, 0.25) is 0 Å². The van der Waals surface area contributed by atoms with Gasteiger partial charge in [0.15, 0.2) is 0 Å². The zero-order chi connectivity index (χ0) is 38.7. The number of allylic oxidation sites excluding steroid dienone is 1. The summed E-state index contributed by atoms with van der Waals surface area (Å²) >= 11 is 0. The minimum Gasteiger partial charge on any atom is -0.398 e. The molecule has 0 amide bonds. The van der Waals surface area contributed by atoms with Crippen molar-refractivity contribution >= 4 is 33.4 Å². The molecule has 0 fully saturated rings. The van der Waals surface area contributed by atoms with Crippen LogP contribution in [0.4, 0.5) is 17.1 Å². The molecule has 0 aromatic heterocycles. The quantitative estimate of drug-likeness (QED) is 0.145. The summed E-state index contributed by atoms with van der Waals surface area (Å²) in [5.74, 6) is 0. The molecule has 0 saturated heterocycles. The van der Waals surface area contributed by atoms with Gasteiger partial charge in [0.1, 0.15) is 0 Å². The highest BCUT2D eigenvalue weighted by molar-refractivity contribution is 5.92. The number of benzene rings is 9. The molecule has 57 heavy (non-hydrogen) atoms. The number of para-hydroxylation sites is 1. The lowest BCUT2D eigenvalue weighted by molar-refractivity contribution is 1.27. The maximum absolute atomic E-state index is 5.76. The van der Waals surface area contributed by atoms with E-state index in [1.807, 2.05) is 30.3 Å². The van der Waals surface area contributed by atoms with Gasteiger partial charge in [-0.2, -0.15) is 0 Å². The maximum atomic E-state index is 5.76. The number of hydrogen-bond acceptors (Lipinski definition) is 2. The van der Waals surface area contributed by atoms with Gasteiger partial charge in [-0.3, -0.25) is 0 Å². The molecule has 9 aromatic rings. The molecule has 274 valence electrons. The number of hydrogen-bond donors (Lipinski definition) is 2. The Hall–Kier alpha value is -7.42. The summed E-state index contributed by atoms with van der Waals surface area (Å²) < 4.78 is 0. The number of rotatable bonds is 9. The van der Waals surface area contributed by atoms with Crippen molar-refractivity contribution in [2.45, 2.75) is 6.42 Å². The predicted octanol–water partition coefficient (Wildman–Crippen LogP) is 14.5. The molecule has 3 N–H and O–H groups in total. The van der Waals surface area contributed by atoms with E-state index in [4.69, 9.17) is 5.73 Å². The summed E-state index contributed by atoms with van der Waals surface area (Å²) in [5.41, 5.74) is 20.9. The van der Waals surface area contributed by atoms with Gasteiger partial charge >= 0.3 is 0 Å². The molecular formula is C55H44N2. The van der Waals surface area contributed by atoms with E-state index in [0.717, 1.165) is 28.9 Å². The van der Waals surface area contributed by atoms with Crippen LogP contribution >= 0.6 is 0 Å². The lowest BCUT2D eigenvalue weighted by atomic mass is 9.95. The first-order valence-corrected chi connectivity index (χ1v) is 19.4. The van der Waals surface area contributed by atoms with Gasteiger partial charge in [0.25, 0.3) is 0 Å². The summed E-state index contributed by atoms with van der Waals surface area (Å²) in [5, 5.41) is 6.04. The van der Waals surface area contributed by atoms with E-state index < -0.39 is 0 Å². The van der Waals surface area contributed by atoms with E-state index in [0.29, 0.717) is 0 Å².